The summed E-state index contributed by atoms with van der Waals surface area (Å²) in [6, 6.07) is 0. The number of esters is 2. The summed E-state index contributed by atoms with van der Waals surface area (Å²) in [5, 5.41) is 0. The van der Waals surface area contributed by atoms with Crippen LogP contribution in [0.3, 0.4) is 0 Å². The van der Waals surface area contributed by atoms with Gasteiger partial charge >= 0.3 is 11.9 Å². The summed E-state index contributed by atoms with van der Waals surface area (Å²) in [5.74, 6) is -0.855. The lowest BCUT2D eigenvalue weighted by Crippen LogP contribution is -2.37. The third-order valence-electron chi connectivity index (χ3n) is 9.13. The van der Waals surface area contributed by atoms with E-state index in [9.17, 15) is 19.0 Å². The third-order valence-corrected chi connectivity index (χ3v) is 10.1. The van der Waals surface area contributed by atoms with Crippen LogP contribution in [0.5, 0.6) is 0 Å². The Bertz CT molecular complexity index is 1020. The van der Waals surface area contributed by atoms with E-state index >= 15 is 0 Å². The molecule has 0 aliphatic carbocycles. The molecule has 0 aromatic carbocycles. The highest BCUT2D eigenvalue weighted by Crippen LogP contribution is 2.38. The van der Waals surface area contributed by atoms with Crippen LogP contribution in [0.1, 0.15) is 181 Å². The van der Waals surface area contributed by atoms with E-state index in [2.05, 4.69) is 50.3 Å². The van der Waals surface area contributed by atoms with Crippen LogP contribution < -0.4 is 4.89 Å². The molecular weight excluding hydrogens is 701 g/mol. The number of hydrogen-bond acceptors (Lipinski definition) is 8. The van der Waals surface area contributed by atoms with Crippen LogP contribution in [-0.2, 0) is 32.7 Å². The maximum absolute atomic E-state index is 12.7. The molecule has 0 rings (SSSR count). The molecule has 0 aliphatic rings. The number of hydrogen-bond donors (Lipinski definition) is 0. The van der Waals surface area contributed by atoms with Crippen molar-refractivity contribution in [2.75, 3.05) is 47.5 Å². The average molecular weight is 784 g/mol. The van der Waals surface area contributed by atoms with Crippen molar-refractivity contribution in [2.45, 2.75) is 187 Å². The predicted molar refractivity (Wildman–Crippen MR) is 222 cm³/mol. The van der Waals surface area contributed by atoms with E-state index in [1.54, 1.807) is 0 Å². The molecule has 1 unspecified atom stereocenters. The lowest BCUT2D eigenvalue weighted by molar-refractivity contribution is -0.870. The smallest absolute Gasteiger partial charge is 0.306 e. The minimum atomic E-state index is -4.63. The SMILES string of the molecule is CCCCC/C=C\C/C=C\CCCCCCCC(=O)OC[C@H](COP(=O)([O-])OCC[N+](C)(C)C)OC(=O)CCCCCCCCC/C=C\CCCCCC. The number of allylic oxidation sites excluding steroid dienone is 6. The van der Waals surface area contributed by atoms with Crippen LogP contribution in [-0.4, -0.2) is 70.0 Å². The molecule has 0 heterocycles. The van der Waals surface area contributed by atoms with E-state index in [0.29, 0.717) is 23.9 Å². The molecule has 0 aromatic heterocycles. The van der Waals surface area contributed by atoms with Gasteiger partial charge in [-0.1, -0.05) is 134 Å². The molecule has 0 spiro atoms. The predicted octanol–water partition coefficient (Wildman–Crippen LogP) is 11.5. The summed E-state index contributed by atoms with van der Waals surface area (Å²) in [5.41, 5.74) is 0. The number of carbonyl (C=O) groups excluding carboxylic acids is 2. The second-order valence-corrected chi connectivity index (χ2v) is 17.1. The highest BCUT2D eigenvalue weighted by Gasteiger charge is 2.21. The van der Waals surface area contributed by atoms with Crippen LogP contribution in [0.2, 0.25) is 0 Å². The highest BCUT2D eigenvalue weighted by molar-refractivity contribution is 7.45. The van der Waals surface area contributed by atoms with Gasteiger partial charge in [0.25, 0.3) is 7.82 Å². The van der Waals surface area contributed by atoms with Gasteiger partial charge in [0, 0.05) is 12.8 Å². The number of quaternary nitrogens is 1. The molecule has 0 N–H and O–H groups in total. The first-order chi connectivity index (χ1) is 26.0. The molecule has 0 amide bonds. The second kappa shape index (κ2) is 36.8. The summed E-state index contributed by atoms with van der Waals surface area (Å²) >= 11 is 0. The minimum absolute atomic E-state index is 0.0342. The molecule has 0 aromatic rings. The molecular formula is C44H82NO8P. The van der Waals surface area contributed by atoms with E-state index in [4.69, 9.17) is 18.5 Å². The number of phosphoric acid groups is 1. The molecule has 0 fully saturated rings. The van der Waals surface area contributed by atoms with Gasteiger partial charge < -0.3 is 27.9 Å². The summed E-state index contributed by atoms with van der Waals surface area (Å²) < 4.78 is 33.9. The first-order valence-corrected chi connectivity index (χ1v) is 23.2. The maximum Gasteiger partial charge on any atom is 0.306 e. The molecule has 316 valence electrons. The highest BCUT2D eigenvalue weighted by atomic mass is 31.2. The van der Waals surface area contributed by atoms with Gasteiger partial charge in [0.15, 0.2) is 6.10 Å². The van der Waals surface area contributed by atoms with Crippen LogP contribution in [0.25, 0.3) is 0 Å². The molecule has 0 saturated carbocycles. The zero-order valence-corrected chi connectivity index (χ0v) is 36.3. The fraction of sp³-hybridized carbons (Fsp3) is 0.818. The van der Waals surface area contributed by atoms with E-state index in [0.717, 1.165) is 64.2 Å². The van der Waals surface area contributed by atoms with Crippen molar-refractivity contribution < 1.29 is 42.1 Å². The second-order valence-electron chi connectivity index (χ2n) is 15.7. The average Bonchev–Trinajstić information content (AvgIpc) is 3.12. The lowest BCUT2D eigenvalue weighted by atomic mass is 10.1. The summed E-state index contributed by atoms with van der Waals surface area (Å²) in [7, 11) is 1.15. The van der Waals surface area contributed by atoms with Crippen LogP contribution in [0, 0.1) is 0 Å². The molecule has 0 saturated heterocycles. The molecule has 0 aliphatic heterocycles. The minimum Gasteiger partial charge on any atom is -0.756 e. The summed E-state index contributed by atoms with van der Waals surface area (Å²) in [4.78, 5) is 37.5. The van der Waals surface area contributed by atoms with Gasteiger partial charge in [0.1, 0.15) is 19.8 Å². The quantitative estimate of drug-likeness (QED) is 0.0199. The number of nitrogens with zero attached hydrogens (tertiary/aromatic N) is 1. The standard InChI is InChI=1S/C44H82NO8P/c1-6-8-10-12-14-16-18-20-22-24-26-28-30-32-34-36-43(46)50-40-42(41-52-54(48,49)51-39-38-45(3,4)5)53-44(47)37-35-33-31-29-27-25-23-21-19-17-15-13-11-9-7-2/h14,16-17,19-20,22,42H,6-13,15,18,21,23-41H2,1-5H3/b16-14-,19-17-,22-20-/t42-/m1/s1. The number of rotatable bonds is 39. The van der Waals surface area contributed by atoms with E-state index < -0.39 is 32.5 Å². The Labute approximate surface area is 331 Å². The van der Waals surface area contributed by atoms with E-state index in [1.165, 1.54) is 77.0 Å². The number of likely N-dealkylation sites (N-methyl/N-ethyl adjacent to an activating group) is 1. The molecule has 9 nitrogen and oxygen atoms in total. The van der Waals surface area contributed by atoms with Crippen molar-refractivity contribution in [1.29, 1.82) is 0 Å². The summed E-state index contributed by atoms with van der Waals surface area (Å²) in [6.07, 6.45) is 40.2. The Hall–Kier alpha value is -1.77. The zero-order valence-electron chi connectivity index (χ0n) is 35.4. The lowest BCUT2D eigenvalue weighted by Gasteiger charge is -2.28. The topological polar surface area (TPSA) is 111 Å². The van der Waals surface area contributed by atoms with Crippen LogP contribution >= 0.6 is 7.82 Å². The molecule has 54 heavy (non-hydrogen) atoms. The molecule has 2 atom stereocenters. The van der Waals surface area contributed by atoms with Crippen molar-refractivity contribution >= 4 is 19.8 Å². The number of carbonyl (C=O) groups is 2. The monoisotopic (exact) mass is 784 g/mol. The fourth-order valence-electron chi connectivity index (χ4n) is 5.68. The number of ether oxygens (including phenoxy) is 2. The molecule has 10 heteroatoms. The first-order valence-electron chi connectivity index (χ1n) is 21.7. The summed E-state index contributed by atoms with van der Waals surface area (Å²) in [6.45, 7) is 4.16. The van der Waals surface area contributed by atoms with Gasteiger partial charge in [-0.3, -0.25) is 14.2 Å². The van der Waals surface area contributed by atoms with E-state index in [1.807, 2.05) is 21.1 Å². The van der Waals surface area contributed by atoms with Crippen molar-refractivity contribution in [3.63, 3.8) is 0 Å². The Kier molecular flexibility index (Phi) is 35.6. The number of phosphoric ester groups is 1. The van der Waals surface area contributed by atoms with Crippen molar-refractivity contribution in [1.82, 2.24) is 0 Å². The van der Waals surface area contributed by atoms with Gasteiger partial charge in [-0.25, -0.2) is 0 Å². The third kappa shape index (κ3) is 39.9. The Morgan fingerprint density at radius 3 is 1.52 bits per heavy atom. The van der Waals surface area contributed by atoms with E-state index in [-0.39, 0.29) is 26.1 Å². The molecule has 0 radical (unpaired) electrons. The van der Waals surface area contributed by atoms with Crippen LogP contribution in [0.15, 0.2) is 36.5 Å². The van der Waals surface area contributed by atoms with Gasteiger partial charge in [-0.05, 0) is 70.6 Å². The van der Waals surface area contributed by atoms with Crippen molar-refractivity contribution in [2.24, 2.45) is 0 Å². The maximum atomic E-state index is 12.7. The van der Waals surface area contributed by atoms with Crippen LogP contribution in [0.4, 0.5) is 0 Å². The number of unbranched alkanes of at least 4 members (excludes halogenated alkanes) is 19. The largest absolute Gasteiger partial charge is 0.756 e. The van der Waals surface area contributed by atoms with Gasteiger partial charge in [-0.2, -0.15) is 0 Å². The molecule has 0 bridgehead atoms. The first kappa shape index (κ1) is 52.2. The normalized spacial score (nSPS) is 14.0. The Morgan fingerprint density at radius 2 is 1.00 bits per heavy atom. The van der Waals surface area contributed by atoms with Gasteiger partial charge in [-0.15, -0.1) is 0 Å². The van der Waals surface area contributed by atoms with Crippen molar-refractivity contribution in [3.8, 4) is 0 Å². The van der Waals surface area contributed by atoms with Gasteiger partial charge in [0.05, 0.1) is 27.7 Å². The van der Waals surface area contributed by atoms with Crippen molar-refractivity contribution in [3.05, 3.63) is 36.5 Å². The fourth-order valence-corrected chi connectivity index (χ4v) is 6.41. The van der Waals surface area contributed by atoms with Gasteiger partial charge in [0.2, 0.25) is 0 Å². The Balaban J connectivity index is 4.40. The zero-order chi connectivity index (χ0) is 40.0. The Morgan fingerprint density at radius 1 is 0.574 bits per heavy atom.